The number of aryl methyl sites for hydroxylation is 1. The SMILES string of the molecule is CC(C)NC(=O)CCc1ccc(F)c(F)c1. The van der Waals surface area contributed by atoms with Crippen LogP contribution in [0.25, 0.3) is 0 Å². The van der Waals surface area contributed by atoms with Crippen LogP contribution in [0.5, 0.6) is 0 Å². The molecule has 0 saturated heterocycles. The minimum atomic E-state index is -0.873. The monoisotopic (exact) mass is 227 g/mol. The van der Waals surface area contributed by atoms with E-state index in [1.807, 2.05) is 13.8 Å². The van der Waals surface area contributed by atoms with Crippen LogP contribution in [-0.4, -0.2) is 11.9 Å². The predicted octanol–water partition coefficient (Wildman–Crippen LogP) is 2.42. The van der Waals surface area contributed by atoms with E-state index in [-0.39, 0.29) is 18.4 Å². The van der Waals surface area contributed by atoms with Crippen LogP contribution in [0.15, 0.2) is 18.2 Å². The third-order valence-corrected chi connectivity index (χ3v) is 2.07. The second kappa shape index (κ2) is 5.58. The molecule has 0 radical (unpaired) electrons. The molecule has 0 atom stereocenters. The fourth-order valence-electron chi connectivity index (χ4n) is 1.35. The number of hydrogen-bond acceptors (Lipinski definition) is 1. The maximum absolute atomic E-state index is 12.8. The Labute approximate surface area is 93.7 Å². The summed E-state index contributed by atoms with van der Waals surface area (Å²) in [6, 6.07) is 3.78. The molecule has 0 aliphatic carbocycles. The van der Waals surface area contributed by atoms with E-state index in [1.54, 1.807) is 0 Å². The van der Waals surface area contributed by atoms with Crippen molar-refractivity contribution in [3.8, 4) is 0 Å². The molecule has 1 N–H and O–H groups in total. The third kappa shape index (κ3) is 3.96. The van der Waals surface area contributed by atoms with E-state index < -0.39 is 11.6 Å². The summed E-state index contributed by atoms with van der Waals surface area (Å²) in [6.07, 6.45) is 0.693. The van der Waals surface area contributed by atoms with E-state index >= 15 is 0 Å². The van der Waals surface area contributed by atoms with Crippen LogP contribution in [0, 0.1) is 11.6 Å². The summed E-state index contributed by atoms with van der Waals surface area (Å²) in [5, 5.41) is 2.73. The van der Waals surface area contributed by atoms with E-state index in [0.717, 1.165) is 12.1 Å². The molecule has 0 aliphatic rings. The van der Waals surface area contributed by atoms with Crippen molar-refractivity contribution in [2.45, 2.75) is 32.7 Å². The zero-order chi connectivity index (χ0) is 12.1. The Morgan fingerprint density at radius 1 is 1.31 bits per heavy atom. The average molecular weight is 227 g/mol. The Hall–Kier alpha value is -1.45. The van der Waals surface area contributed by atoms with Gasteiger partial charge in [0.15, 0.2) is 11.6 Å². The summed E-state index contributed by atoms with van der Waals surface area (Å²) in [5.74, 6) is -1.82. The maximum Gasteiger partial charge on any atom is 0.220 e. The Bertz CT molecular complexity index is 377. The van der Waals surface area contributed by atoms with Crippen molar-refractivity contribution in [1.82, 2.24) is 5.32 Å². The highest BCUT2D eigenvalue weighted by molar-refractivity contribution is 5.76. The van der Waals surface area contributed by atoms with Gasteiger partial charge >= 0.3 is 0 Å². The predicted molar refractivity (Wildman–Crippen MR) is 58.0 cm³/mol. The van der Waals surface area contributed by atoms with Gasteiger partial charge in [-0.15, -0.1) is 0 Å². The second-order valence-corrected chi connectivity index (χ2v) is 3.97. The lowest BCUT2D eigenvalue weighted by Gasteiger charge is -2.08. The smallest absolute Gasteiger partial charge is 0.220 e. The number of carbonyl (C=O) groups excluding carboxylic acids is 1. The fourth-order valence-corrected chi connectivity index (χ4v) is 1.35. The second-order valence-electron chi connectivity index (χ2n) is 3.97. The highest BCUT2D eigenvalue weighted by atomic mass is 19.2. The van der Waals surface area contributed by atoms with Gasteiger partial charge in [0.25, 0.3) is 0 Å². The Balaban J connectivity index is 2.48. The molecule has 0 spiro atoms. The molecule has 1 rings (SSSR count). The summed E-state index contributed by atoms with van der Waals surface area (Å²) in [5.41, 5.74) is 0.623. The largest absolute Gasteiger partial charge is 0.354 e. The molecule has 0 bridgehead atoms. The van der Waals surface area contributed by atoms with Gasteiger partial charge in [0, 0.05) is 12.5 Å². The third-order valence-electron chi connectivity index (χ3n) is 2.07. The minimum absolute atomic E-state index is 0.0836. The topological polar surface area (TPSA) is 29.1 Å². The number of nitrogens with one attached hydrogen (secondary N) is 1. The van der Waals surface area contributed by atoms with Crippen LogP contribution in [0.3, 0.4) is 0 Å². The zero-order valence-corrected chi connectivity index (χ0v) is 9.39. The molecule has 4 heteroatoms. The van der Waals surface area contributed by atoms with Crippen LogP contribution in [-0.2, 0) is 11.2 Å². The minimum Gasteiger partial charge on any atom is -0.354 e. The summed E-state index contributed by atoms with van der Waals surface area (Å²) in [7, 11) is 0. The van der Waals surface area contributed by atoms with Crippen LogP contribution in [0.4, 0.5) is 8.78 Å². The van der Waals surface area contributed by atoms with Crippen molar-refractivity contribution in [1.29, 1.82) is 0 Å². The first-order chi connectivity index (χ1) is 7.49. The molecule has 1 amide bonds. The summed E-state index contributed by atoms with van der Waals surface area (Å²) in [4.78, 5) is 11.3. The highest BCUT2D eigenvalue weighted by Gasteiger charge is 2.06. The lowest BCUT2D eigenvalue weighted by atomic mass is 10.1. The lowest BCUT2D eigenvalue weighted by molar-refractivity contribution is -0.121. The molecule has 0 saturated carbocycles. The summed E-state index contributed by atoms with van der Waals surface area (Å²) >= 11 is 0. The van der Waals surface area contributed by atoms with Crippen molar-refractivity contribution in [3.05, 3.63) is 35.4 Å². The lowest BCUT2D eigenvalue weighted by Crippen LogP contribution is -2.30. The molecular formula is C12H15F2NO. The van der Waals surface area contributed by atoms with Crippen LogP contribution >= 0.6 is 0 Å². The molecule has 88 valence electrons. The normalized spacial score (nSPS) is 10.6. The Kier molecular flexibility index (Phi) is 4.40. The quantitative estimate of drug-likeness (QED) is 0.841. The van der Waals surface area contributed by atoms with Crippen LogP contribution in [0.1, 0.15) is 25.8 Å². The molecule has 0 heterocycles. The molecule has 2 nitrogen and oxygen atoms in total. The van der Waals surface area contributed by atoms with Gasteiger partial charge in [-0.05, 0) is 38.0 Å². The number of carbonyl (C=O) groups is 1. The van der Waals surface area contributed by atoms with Gasteiger partial charge in [-0.25, -0.2) is 8.78 Å². The number of halogens is 2. The van der Waals surface area contributed by atoms with E-state index in [0.29, 0.717) is 12.0 Å². The van der Waals surface area contributed by atoms with Crippen molar-refractivity contribution >= 4 is 5.91 Å². The van der Waals surface area contributed by atoms with Gasteiger partial charge in [0.1, 0.15) is 0 Å². The van der Waals surface area contributed by atoms with Crippen LogP contribution < -0.4 is 5.32 Å². The molecule has 0 unspecified atom stereocenters. The molecule has 16 heavy (non-hydrogen) atoms. The van der Waals surface area contributed by atoms with Gasteiger partial charge in [-0.3, -0.25) is 4.79 Å². The number of rotatable bonds is 4. The zero-order valence-electron chi connectivity index (χ0n) is 9.39. The first-order valence-electron chi connectivity index (χ1n) is 5.22. The average Bonchev–Trinajstić information content (AvgIpc) is 2.19. The van der Waals surface area contributed by atoms with E-state index in [4.69, 9.17) is 0 Å². The molecule has 0 aromatic heterocycles. The maximum atomic E-state index is 12.8. The molecular weight excluding hydrogens is 212 g/mol. The molecule has 1 aromatic rings. The molecule has 1 aromatic carbocycles. The molecule has 0 fully saturated rings. The highest BCUT2D eigenvalue weighted by Crippen LogP contribution is 2.10. The van der Waals surface area contributed by atoms with Gasteiger partial charge in [-0.2, -0.15) is 0 Å². The van der Waals surface area contributed by atoms with Crippen molar-refractivity contribution in [3.63, 3.8) is 0 Å². The van der Waals surface area contributed by atoms with Gasteiger partial charge < -0.3 is 5.32 Å². The van der Waals surface area contributed by atoms with E-state index in [2.05, 4.69) is 5.32 Å². The fraction of sp³-hybridized carbons (Fsp3) is 0.417. The summed E-state index contributed by atoms with van der Waals surface area (Å²) < 4.78 is 25.5. The summed E-state index contributed by atoms with van der Waals surface area (Å²) in [6.45, 7) is 3.74. The van der Waals surface area contributed by atoms with Crippen molar-refractivity contribution in [2.24, 2.45) is 0 Å². The van der Waals surface area contributed by atoms with E-state index in [1.165, 1.54) is 6.07 Å². The van der Waals surface area contributed by atoms with Gasteiger partial charge in [-0.1, -0.05) is 6.07 Å². The Morgan fingerprint density at radius 3 is 2.56 bits per heavy atom. The van der Waals surface area contributed by atoms with Crippen molar-refractivity contribution < 1.29 is 13.6 Å². The Morgan fingerprint density at radius 2 is 2.00 bits per heavy atom. The number of amides is 1. The first kappa shape index (κ1) is 12.6. The standard InChI is InChI=1S/C12H15F2NO/c1-8(2)15-12(16)6-4-9-3-5-10(13)11(14)7-9/h3,5,7-8H,4,6H2,1-2H3,(H,15,16). The number of hydrogen-bond donors (Lipinski definition) is 1. The molecule has 0 aliphatic heterocycles. The first-order valence-corrected chi connectivity index (χ1v) is 5.22. The van der Waals surface area contributed by atoms with E-state index in [9.17, 15) is 13.6 Å². The van der Waals surface area contributed by atoms with Crippen molar-refractivity contribution in [2.75, 3.05) is 0 Å². The van der Waals surface area contributed by atoms with Gasteiger partial charge in [0.2, 0.25) is 5.91 Å². The number of benzene rings is 1. The van der Waals surface area contributed by atoms with Gasteiger partial charge in [0.05, 0.1) is 0 Å². The van der Waals surface area contributed by atoms with Crippen LogP contribution in [0.2, 0.25) is 0 Å².